The minimum atomic E-state index is -0.609. The smallest absolute Gasteiger partial charge is 0.172 e. The Morgan fingerprint density at radius 2 is 1.89 bits per heavy atom. The van der Waals surface area contributed by atoms with Crippen molar-refractivity contribution in [2.45, 2.75) is 0 Å². The second kappa shape index (κ2) is 4.84. The summed E-state index contributed by atoms with van der Waals surface area (Å²) >= 11 is 0. The predicted octanol–water partition coefficient (Wildman–Crippen LogP) is 3.51. The quantitative estimate of drug-likeness (QED) is 0.811. The van der Waals surface area contributed by atoms with Gasteiger partial charge >= 0.3 is 0 Å². The van der Waals surface area contributed by atoms with Crippen LogP contribution in [0.1, 0.15) is 5.56 Å². The maximum atomic E-state index is 14.0. The number of hydrogen-bond donors (Lipinski definition) is 0. The number of nitrogens with zero attached hydrogens (tertiary/aromatic N) is 1. The molecule has 0 aliphatic heterocycles. The Labute approximate surface area is 103 Å². The van der Waals surface area contributed by atoms with Crippen LogP contribution in [-0.2, 0) is 0 Å². The van der Waals surface area contributed by atoms with Gasteiger partial charge in [0.2, 0.25) is 0 Å². The van der Waals surface area contributed by atoms with E-state index in [0.29, 0.717) is 0 Å². The van der Waals surface area contributed by atoms with E-state index in [1.807, 2.05) is 6.07 Å². The average molecular weight is 245 g/mol. The lowest BCUT2D eigenvalue weighted by Gasteiger charge is -2.09. The van der Waals surface area contributed by atoms with E-state index in [2.05, 4.69) is 0 Å². The number of benzene rings is 2. The summed E-state index contributed by atoms with van der Waals surface area (Å²) in [5.74, 6) is -1.08. The molecule has 18 heavy (non-hydrogen) atoms. The molecule has 2 nitrogen and oxygen atoms in total. The Kier molecular flexibility index (Phi) is 3.24. The molecular formula is C14H9F2NO. The summed E-state index contributed by atoms with van der Waals surface area (Å²) in [6.45, 7) is 0. The molecule has 0 spiro atoms. The molecule has 2 aromatic carbocycles. The Bertz CT molecular complexity index is 632. The Balaban J connectivity index is 2.69. The van der Waals surface area contributed by atoms with Crippen LogP contribution in [-0.4, -0.2) is 7.11 Å². The molecule has 0 aromatic heterocycles. The summed E-state index contributed by atoms with van der Waals surface area (Å²) in [6, 6.07) is 10.1. The summed E-state index contributed by atoms with van der Waals surface area (Å²) in [5.41, 5.74) is 0.572. The fourth-order valence-electron chi connectivity index (χ4n) is 1.71. The first kappa shape index (κ1) is 12.1. The van der Waals surface area contributed by atoms with Gasteiger partial charge in [-0.15, -0.1) is 0 Å². The lowest BCUT2D eigenvalue weighted by atomic mass is 9.99. The molecule has 0 radical (unpaired) electrons. The second-order valence-electron chi connectivity index (χ2n) is 3.62. The number of rotatable bonds is 2. The van der Waals surface area contributed by atoms with Crippen LogP contribution in [0.15, 0.2) is 36.4 Å². The van der Waals surface area contributed by atoms with Crippen molar-refractivity contribution < 1.29 is 13.5 Å². The topological polar surface area (TPSA) is 33.0 Å². The van der Waals surface area contributed by atoms with Crippen molar-refractivity contribution in [1.82, 2.24) is 0 Å². The van der Waals surface area contributed by atoms with Crippen LogP contribution < -0.4 is 4.74 Å². The maximum Gasteiger partial charge on any atom is 0.172 e. The molecular weight excluding hydrogens is 236 g/mol. The highest BCUT2D eigenvalue weighted by Crippen LogP contribution is 2.31. The molecule has 0 heterocycles. The maximum absolute atomic E-state index is 14.0. The van der Waals surface area contributed by atoms with E-state index in [-0.39, 0.29) is 22.4 Å². The number of ether oxygens (including phenoxy) is 1. The van der Waals surface area contributed by atoms with Gasteiger partial charge in [0, 0.05) is 11.1 Å². The van der Waals surface area contributed by atoms with Crippen LogP contribution in [0.2, 0.25) is 0 Å². The zero-order valence-corrected chi connectivity index (χ0v) is 9.58. The van der Waals surface area contributed by atoms with E-state index < -0.39 is 11.6 Å². The minimum absolute atomic E-state index is 0.0562. The molecule has 0 fully saturated rings. The molecule has 0 bridgehead atoms. The summed E-state index contributed by atoms with van der Waals surface area (Å²) in [6.07, 6.45) is 0. The summed E-state index contributed by atoms with van der Waals surface area (Å²) < 4.78 is 32.1. The minimum Gasteiger partial charge on any atom is -0.494 e. The van der Waals surface area contributed by atoms with E-state index in [4.69, 9.17) is 10.00 Å². The molecule has 0 N–H and O–H groups in total. The van der Waals surface area contributed by atoms with Crippen molar-refractivity contribution in [3.63, 3.8) is 0 Å². The number of nitriles is 1. The van der Waals surface area contributed by atoms with Gasteiger partial charge in [-0.25, -0.2) is 8.78 Å². The molecule has 0 aliphatic rings. The first-order chi connectivity index (χ1) is 8.67. The molecule has 0 atom stereocenters. The monoisotopic (exact) mass is 245 g/mol. The van der Waals surface area contributed by atoms with Crippen LogP contribution >= 0.6 is 0 Å². The molecule has 90 valence electrons. The Hall–Kier alpha value is -2.41. The molecule has 4 heteroatoms. The highest BCUT2D eigenvalue weighted by molar-refractivity contribution is 5.72. The number of hydrogen-bond acceptors (Lipinski definition) is 2. The van der Waals surface area contributed by atoms with Crippen molar-refractivity contribution in [3.05, 3.63) is 53.6 Å². The van der Waals surface area contributed by atoms with Crippen LogP contribution in [0.25, 0.3) is 11.1 Å². The van der Waals surface area contributed by atoms with E-state index in [1.165, 1.54) is 31.4 Å². The van der Waals surface area contributed by atoms with E-state index in [1.54, 1.807) is 6.07 Å². The third kappa shape index (κ3) is 2.03. The van der Waals surface area contributed by atoms with Gasteiger partial charge in [-0.05, 0) is 24.3 Å². The van der Waals surface area contributed by atoms with Crippen molar-refractivity contribution in [3.8, 4) is 22.9 Å². The highest BCUT2D eigenvalue weighted by atomic mass is 19.1. The van der Waals surface area contributed by atoms with E-state index in [9.17, 15) is 8.78 Å². The van der Waals surface area contributed by atoms with Crippen molar-refractivity contribution in [1.29, 1.82) is 5.26 Å². The van der Waals surface area contributed by atoms with Gasteiger partial charge in [-0.3, -0.25) is 0 Å². The van der Waals surface area contributed by atoms with Crippen molar-refractivity contribution in [2.24, 2.45) is 0 Å². The molecule has 0 saturated carbocycles. The third-order valence-corrected chi connectivity index (χ3v) is 2.58. The molecule has 0 saturated heterocycles. The van der Waals surface area contributed by atoms with Gasteiger partial charge in [0.05, 0.1) is 18.7 Å². The van der Waals surface area contributed by atoms with Crippen LogP contribution in [0.5, 0.6) is 5.75 Å². The molecule has 2 aromatic rings. The normalized spacial score (nSPS) is 9.89. The fourth-order valence-corrected chi connectivity index (χ4v) is 1.71. The predicted molar refractivity (Wildman–Crippen MR) is 63.1 cm³/mol. The largest absolute Gasteiger partial charge is 0.494 e. The van der Waals surface area contributed by atoms with Gasteiger partial charge in [0.1, 0.15) is 5.82 Å². The van der Waals surface area contributed by atoms with Gasteiger partial charge in [0.25, 0.3) is 0 Å². The Morgan fingerprint density at radius 1 is 1.11 bits per heavy atom. The van der Waals surface area contributed by atoms with Gasteiger partial charge in [0.15, 0.2) is 11.6 Å². The summed E-state index contributed by atoms with van der Waals surface area (Å²) in [5, 5.41) is 8.96. The SMILES string of the molecule is COc1cccc(-c2cc(F)ccc2C#N)c1F. The van der Waals surface area contributed by atoms with Gasteiger partial charge < -0.3 is 4.74 Å². The average Bonchev–Trinajstić information content (AvgIpc) is 2.39. The zero-order chi connectivity index (χ0) is 13.1. The molecule has 2 rings (SSSR count). The van der Waals surface area contributed by atoms with Gasteiger partial charge in [-0.1, -0.05) is 12.1 Å². The van der Waals surface area contributed by atoms with Crippen molar-refractivity contribution >= 4 is 0 Å². The number of methoxy groups -OCH3 is 1. The fraction of sp³-hybridized carbons (Fsp3) is 0.0714. The molecule has 0 amide bonds. The molecule has 0 unspecified atom stereocenters. The molecule has 0 aliphatic carbocycles. The Morgan fingerprint density at radius 3 is 2.56 bits per heavy atom. The van der Waals surface area contributed by atoms with Crippen LogP contribution in [0, 0.1) is 23.0 Å². The third-order valence-electron chi connectivity index (χ3n) is 2.58. The lowest BCUT2D eigenvalue weighted by Crippen LogP contribution is -1.93. The van der Waals surface area contributed by atoms with Gasteiger partial charge in [-0.2, -0.15) is 5.26 Å². The summed E-state index contributed by atoms with van der Waals surface area (Å²) in [7, 11) is 1.35. The van der Waals surface area contributed by atoms with Crippen LogP contribution in [0.3, 0.4) is 0 Å². The highest BCUT2D eigenvalue weighted by Gasteiger charge is 2.14. The lowest BCUT2D eigenvalue weighted by molar-refractivity contribution is 0.387. The summed E-state index contributed by atoms with van der Waals surface area (Å²) in [4.78, 5) is 0. The van der Waals surface area contributed by atoms with Crippen molar-refractivity contribution in [2.75, 3.05) is 7.11 Å². The first-order valence-corrected chi connectivity index (χ1v) is 5.20. The second-order valence-corrected chi connectivity index (χ2v) is 3.62. The number of halogens is 2. The standard InChI is InChI=1S/C14H9F2NO/c1-18-13-4-2-3-11(14(13)16)12-7-10(15)6-5-9(12)8-17/h2-7H,1H3. The zero-order valence-electron chi connectivity index (χ0n) is 9.58. The first-order valence-electron chi connectivity index (χ1n) is 5.20. The van der Waals surface area contributed by atoms with E-state index >= 15 is 0 Å². The van der Waals surface area contributed by atoms with Crippen LogP contribution in [0.4, 0.5) is 8.78 Å². The van der Waals surface area contributed by atoms with E-state index in [0.717, 1.165) is 6.07 Å².